The zero-order chi connectivity index (χ0) is 19.1. The summed E-state index contributed by atoms with van der Waals surface area (Å²) in [5.74, 6) is 1.30. The van der Waals surface area contributed by atoms with E-state index in [1.807, 2.05) is 23.1 Å². The van der Waals surface area contributed by atoms with Crippen molar-refractivity contribution >= 4 is 16.0 Å². The quantitative estimate of drug-likeness (QED) is 0.672. The lowest BCUT2D eigenvalue weighted by Crippen LogP contribution is -2.30. The first-order chi connectivity index (χ1) is 13.1. The van der Waals surface area contributed by atoms with Gasteiger partial charge in [0.05, 0.1) is 19.4 Å². The SMILES string of the molecule is COc1nc(CNS(=O)(=O)CCOc2ccccc2)nc(N2CCCC2)n1. The zero-order valence-electron chi connectivity index (χ0n) is 15.2. The number of anilines is 1. The maximum atomic E-state index is 12.2. The summed E-state index contributed by atoms with van der Waals surface area (Å²) < 4.78 is 37.4. The number of para-hydroxylation sites is 1. The van der Waals surface area contributed by atoms with Crippen LogP contribution in [0.5, 0.6) is 11.8 Å². The molecule has 0 saturated carbocycles. The second-order valence-electron chi connectivity index (χ2n) is 6.03. The number of benzene rings is 1. The number of hydrogen-bond acceptors (Lipinski definition) is 8. The summed E-state index contributed by atoms with van der Waals surface area (Å²) in [6.07, 6.45) is 2.16. The van der Waals surface area contributed by atoms with E-state index in [9.17, 15) is 8.42 Å². The zero-order valence-corrected chi connectivity index (χ0v) is 16.0. The van der Waals surface area contributed by atoms with Crippen LogP contribution in [0.25, 0.3) is 0 Å². The van der Waals surface area contributed by atoms with Gasteiger partial charge in [-0.15, -0.1) is 0 Å². The average Bonchev–Trinajstić information content (AvgIpc) is 3.22. The van der Waals surface area contributed by atoms with E-state index in [-0.39, 0.29) is 24.9 Å². The maximum Gasteiger partial charge on any atom is 0.321 e. The number of methoxy groups -OCH3 is 1. The second-order valence-corrected chi connectivity index (χ2v) is 7.96. The molecule has 0 atom stereocenters. The van der Waals surface area contributed by atoms with E-state index >= 15 is 0 Å². The molecule has 1 N–H and O–H groups in total. The number of ether oxygens (including phenoxy) is 2. The normalized spacial score (nSPS) is 14.3. The van der Waals surface area contributed by atoms with Crippen molar-refractivity contribution in [2.45, 2.75) is 19.4 Å². The van der Waals surface area contributed by atoms with Crippen LogP contribution in [-0.4, -0.2) is 55.9 Å². The molecule has 0 spiro atoms. The van der Waals surface area contributed by atoms with E-state index in [0.29, 0.717) is 17.5 Å². The lowest BCUT2D eigenvalue weighted by Gasteiger charge is -2.16. The molecule has 0 aliphatic carbocycles. The highest BCUT2D eigenvalue weighted by atomic mass is 32.2. The lowest BCUT2D eigenvalue weighted by molar-refractivity contribution is 0.340. The van der Waals surface area contributed by atoms with Crippen molar-refractivity contribution in [3.05, 3.63) is 36.2 Å². The third-order valence-electron chi connectivity index (χ3n) is 4.04. The maximum absolute atomic E-state index is 12.2. The molecule has 1 saturated heterocycles. The van der Waals surface area contributed by atoms with Gasteiger partial charge in [0, 0.05) is 13.1 Å². The molecular formula is C17H23N5O4S. The van der Waals surface area contributed by atoms with E-state index in [1.165, 1.54) is 7.11 Å². The predicted octanol–water partition coefficient (Wildman–Crippen LogP) is 0.979. The Morgan fingerprint density at radius 3 is 2.56 bits per heavy atom. The van der Waals surface area contributed by atoms with E-state index in [4.69, 9.17) is 9.47 Å². The first-order valence-electron chi connectivity index (χ1n) is 8.75. The molecule has 0 amide bonds. The number of sulfonamides is 1. The van der Waals surface area contributed by atoms with Gasteiger partial charge in [-0.2, -0.15) is 15.0 Å². The smallest absolute Gasteiger partial charge is 0.321 e. The van der Waals surface area contributed by atoms with E-state index in [0.717, 1.165) is 25.9 Å². The van der Waals surface area contributed by atoms with E-state index < -0.39 is 10.0 Å². The van der Waals surface area contributed by atoms with Gasteiger partial charge < -0.3 is 14.4 Å². The van der Waals surface area contributed by atoms with Crippen LogP contribution in [-0.2, 0) is 16.6 Å². The van der Waals surface area contributed by atoms with Crippen molar-refractivity contribution in [1.29, 1.82) is 0 Å². The Hall–Kier alpha value is -2.46. The van der Waals surface area contributed by atoms with Crippen LogP contribution in [0.1, 0.15) is 18.7 Å². The molecule has 1 aromatic carbocycles. The third-order valence-corrected chi connectivity index (χ3v) is 5.32. The van der Waals surface area contributed by atoms with Crippen molar-refractivity contribution in [2.24, 2.45) is 0 Å². The van der Waals surface area contributed by atoms with Gasteiger partial charge in [0.15, 0.2) is 5.82 Å². The van der Waals surface area contributed by atoms with Gasteiger partial charge in [-0.1, -0.05) is 18.2 Å². The molecule has 1 aromatic heterocycles. The third kappa shape index (κ3) is 5.76. The van der Waals surface area contributed by atoms with Gasteiger partial charge in [-0.3, -0.25) is 0 Å². The van der Waals surface area contributed by atoms with Gasteiger partial charge in [-0.05, 0) is 25.0 Å². The summed E-state index contributed by atoms with van der Waals surface area (Å²) in [7, 11) is -2.06. The highest BCUT2D eigenvalue weighted by molar-refractivity contribution is 7.89. The summed E-state index contributed by atoms with van der Waals surface area (Å²) in [5.41, 5.74) is 0. The van der Waals surface area contributed by atoms with Gasteiger partial charge in [0.1, 0.15) is 12.4 Å². The summed E-state index contributed by atoms with van der Waals surface area (Å²) >= 11 is 0. The Balaban J connectivity index is 1.56. The minimum Gasteiger partial charge on any atom is -0.492 e. The lowest BCUT2D eigenvalue weighted by atomic mass is 10.3. The Morgan fingerprint density at radius 1 is 1.11 bits per heavy atom. The van der Waals surface area contributed by atoms with Crippen molar-refractivity contribution in [1.82, 2.24) is 19.7 Å². The summed E-state index contributed by atoms with van der Waals surface area (Å²) in [6, 6.07) is 9.24. The molecule has 3 rings (SSSR count). The summed E-state index contributed by atoms with van der Waals surface area (Å²) in [4.78, 5) is 14.8. The number of hydrogen-bond donors (Lipinski definition) is 1. The molecule has 0 bridgehead atoms. The van der Waals surface area contributed by atoms with Crippen LogP contribution in [0.3, 0.4) is 0 Å². The summed E-state index contributed by atoms with van der Waals surface area (Å²) in [6.45, 7) is 1.76. The van der Waals surface area contributed by atoms with E-state index in [2.05, 4.69) is 19.7 Å². The Bertz CT molecular complexity index is 842. The topological polar surface area (TPSA) is 107 Å². The van der Waals surface area contributed by atoms with Crippen molar-refractivity contribution in [2.75, 3.05) is 37.5 Å². The molecule has 10 heteroatoms. The Labute approximate surface area is 158 Å². The summed E-state index contributed by atoms with van der Waals surface area (Å²) in [5, 5.41) is 0. The van der Waals surface area contributed by atoms with Crippen molar-refractivity contribution in [3.63, 3.8) is 0 Å². The fourth-order valence-corrected chi connectivity index (χ4v) is 3.44. The largest absolute Gasteiger partial charge is 0.492 e. The Kier molecular flexibility index (Phi) is 6.40. The van der Waals surface area contributed by atoms with Gasteiger partial charge in [0.25, 0.3) is 0 Å². The van der Waals surface area contributed by atoms with Crippen LogP contribution in [0.2, 0.25) is 0 Å². The fraction of sp³-hybridized carbons (Fsp3) is 0.471. The minimum atomic E-state index is -3.53. The highest BCUT2D eigenvalue weighted by Crippen LogP contribution is 2.17. The monoisotopic (exact) mass is 393 g/mol. The molecule has 9 nitrogen and oxygen atoms in total. The first kappa shape index (κ1) is 19.3. The number of rotatable bonds is 9. The molecule has 146 valence electrons. The number of nitrogens with zero attached hydrogens (tertiary/aromatic N) is 4. The van der Waals surface area contributed by atoms with Crippen LogP contribution in [0.4, 0.5) is 5.95 Å². The first-order valence-corrected chi connectivity index (χ1v) is 10.4. The highest BCUT2D eigenvalue weighted by Gasteiger charge is 2.18. The molecule has 2 aromatic rings. The molecule has 2 heterocycles. The van der Waals surface area contributed by atoms with Gasteiger partial charge >= 0.3 is 6.01 Å². The van der Waals surface area contributed by atoms with Crippen LogP contribution in [0, 0.1) is 0 Å². The van der Waals surface area contributed by atoms with Crippen LogP contribution in [0.15, 0.2) is 30.3 Å². The van der Waals surface area contributed by atoms with Gasteiger partial charge in [-0.25, -0.2) is 13.1 Å². The van der Waals surface area contributed by atoms with Crippen molar-refractivity contribution in [3.8, 4) is 11.8 Å². The number of nitrogens with one attached hydrogen (secondary N) is 1. The molecule has 0 unspecified atom stereocenters. The number of aromatic nitrogens is 3. The molecule has 1 aliphatic heterocycles. The van der Waals surface area contributed by atoms with Crippen LogP contribution < -0.4 is 19.1 Å². The van der Waals surface area contributed by atoms with Crippen LogP contribution >= 0.6 is 0 Å². The standard InChI is InChI=1S/C17H23N5O4S/c1-25-17-20-15(19-16(21-17)22-9-5-6-10-22)13-18-27(23,24)12-11-26-14-7-3-2-4-8-14/h2-4,7-8,18H,5-6,9-13H2,1H3. The molecule has 1 fully saturated rings. The van der Waals surface area contributed by atoms with Gasteiger partial charge in [0.2, 0.25) is 16.0 Å². The Morgan fingerprint density at radius 2 is 1.85 bits per heavy atom. The average molecular weight is 393 g/mol. The van der Waals surface area contributed by atoms with Crippen molar-refractivity contribution < 1.29 is 17.9 Å². The molecule has 1 aliphatic rings. The molecule has 27 heavy (non-hydrogen) atoms. The minimum absolute atomic E-state index is 0.0343. The second kappa shape index (κ2) is 8.96. The predicted molar refractivity (Wildman–Crippen MR) is 100 cm³/mol. The fourth-order valence-electron chi connectivity index (χ4n) is 2.65. The molecule has 0 radical (unpaired) electrons. The molecular weight excluding hydrogens is 370 g/mol. The van der Waals surface area contributed by atoms with E-state index in [1.54, 1.807) is 12.1 Å².